The summed E-state index contributed by atoms with van der Waals surface area (Å²) < 4.78 is 472. The van der Waals surface area contributed by atoms with Crippen LogP contribution in [0.2, 0.25) is 0 Å². The predicted molar refractivity (Wildman–Crippen MR) is 343 cm³/mol. The zero-order valence-electron chi connectivity index (χ0n) is 90.7. The second-order valence-electron chi connectivity index (χ2n) is 17.3. The second-order valence-corrected chi connectivity index (χ2v) is 24.7. The van der Waals surface area contributed by atoms with Gasteiger partial charge in [0.25, 0.3) is 0 Å². The van der Waals surface area contributed by atoms with Crippen molar-refractivity contribution in [3.63, 3.8) is 0 Å². The van der Waals surface area contributed by atoms with Gasteiger partial charge in [-0.3, -0.25) is 0 Å². The van der Waals surface area contributed by atoms with Crippen LogP contribution in [0.25, 0.3) is 117 Å². The van der Waals surface area contributed by atoms with Crippen LogP contribution in [0.3, 0.4) is 0 Å². The topological polar surface area (TPSA) is 53.5 Å². The van der Waals surface area contributed by atoms with Crippen molar-refractivity contribution in [3.05, 3.63) is 302 Å². The standard InChI is InChI=1S/C75H50GeN6/c1-4-24-51(25-5-1)52-46-47-72-65(49-52)63-38-14-16-40-66(63)80(72)58-33-23-32-57(50-58)76(54-27-6-2-7-28-54,55-29-8-3-9-30-55)56-31-22-26-53(48-56)73-77-74(79-75(78-73)82-69-43-19-12-36-61(69)62-37-13-20-44-70(62)82)64-39-15-21-45-71(64)81-67-41-17-10-34-59(67)60-35-11-18-42-68(60)81/h1-50H/i1D,2D,3D,4D,5D,6D,7D,8D,9D,10D,11D,12D,13D,14D,15D,16D,17D,18D,19D,20D,21D,22D,23D,24D,25D,26D,27D,28D,29D,30D,31D,32D,33D,34D,35D,36D,37D,38D,39D,40D,41D,42D,43D,44D,45D,46D,47D,48D,49D,50D. The third-order valence-electron chi connectivity index (χ3n) is 13.1. The Morgan fingerprint density at radius 2 is 0.695 bits per heavy atom. The summed E-state index contributed by atoms with van der Waals surface area (Å²) in [6.07, 6.45) is 0. The molecule has 6 nitrogen and oxygen atoms in total. The fourth-order valence-corrected chi connectivity index (χ4v) is 17.3. The average molecular weight is 1160 g/mol. The van der Waals surface area contributed by atoms with Crippen molar-refractivity contribution in [2.75, 3.05) is 0 Å². The van der Waals surface area contributed by atoms with Crippen LogP contribution < -0.4 is 17.6 Å². The first-order valence-corrected chi connectivity index (χ1v) is 28.1. The molecule has 16 rings (SSSR count). The van der Waals surface area contributed by atoms with Crippen LogP contribution >= 0.6 is 0 Å². The summed E-state index contributed by atoms with van der Waals surface area (Å²) in [4.78, 5) is 13.8. The van der Waals surface area contributed by atoms with Crippen molar-refractivity contribution >= 4 is 96.3 Å². The Balaban J connectivity index is 1.19. The molecule has 0 unspecified atom stereocenters. The van der Waals surface area contributed by atoms with Crippen LogP contribution in [0.5, 0.6) is 0 Å². The number of nitrogens with zero attached hydrogens (tertiary/aromatic N) is 6. The minimum atomic E-state index is -8.43. The van der Waals surface area contributed by atoms with E-state index in [0.29, 0.717) is 13.7 Å². The molecule has 16 aromatic rings. The van der Waals surface area contributed by atoms with E-state index in [9.17, 15) is 45.2 Å². The Bertz CT molecular complexity index is 7910. The van der Waals surface area contributed by atoms with Gasteiger partial charge in [0.15, 0.2) is 0 Å². The molecule has 4 heterocycles. The van der Waals surface area contributed by atoms with E-state index in [-0.39, 0.29) is 0 Å². The number of benzene rings is 12. The predicted octanol–water partition coefficient (Wildman–Crippen LogP) is 15.5. The molecule has 82 heavy (non-hydrogen) atoms. The van der Waals surface area contributed by atoms with Gasteiger partial charge in [0, 0.05) is 0 Å². The fraction of sp³-hybridized carbons (Fsp3) is 0. The molecule has 0 amide bonds. The molecule has 0 saturated carbocycles. The minimum absolute atomic E-state index is 0.381. The van der Waals surface area contributed by atoms with E-state index in [2.05, 4.69) is 15.0 Å². The van der Waals surface area contributed by atoms with Gasteiger partial charge in [0.2, 0.25) is 0 Å². The normalized spacial score (nSPS) is 20.4. The SMILES string of the molecule is [2H]c1c([2H])c([2H])c(-c2c([2H])c([2H])c3c(c2[2H])c2c([2H])c([2H])c([2H])c([2H])c2n3-c2c([2H])c([2H])c([2H])[c]([Ge]([c]3c([2H])c([2H])c([2H])c([2H])c3[2H])([c]3c([2H])c([2H])c([2H])c([2H])c3[2H])[c]3c([2H])c([2H])c([2H])c(-c4nc(-c5c([2H])c([2H])c([2H])c([2H])c5-n5c6c([2H])c([2H])c([2H])c([2H])c6c6c([2H])c([2H])c([2H])c([2H])c65)nc(-n5c6c([2H])c([2H])c([2H])c([2H])c6c6c([2H])c([2H])c([2H])c([2H])c65)n4)c3[2H])c2[2H])c([2H])c1[2H]. The zero-order chi connectivity index (χ0) is 97.7. The van der Waals surface area contributed by atoms with Crippen molar-refractivity contribution < 1.29 is 68.5 Å². The molecule has 0 N–H and O–H groups in total. The molecule has 0 aliphatic heterocycles. The fourth-order valence-electron chi connectivity index (χ4n) is 9.73. The van der Waals surface area contributed by atoms with Crippen LogP contribution in [-0.2, 0) is 0 Å². The Morgan fingerprint density at radius 3 is 1.29 bits per heavy atom. The first-order valence-electron chi connectivity index (χ1n) is 48.9. The van der Waals surface area contributed by atoms with Gasteiger partial charge in [-0.05, 0) is 0 Å². The van der Waals surface area contributed by atoms with Crippen molar-refractivity contribution in [3.8, 4) is 51.2 Å². The van der Waals surface area contributed by atoms with Gasteiger partial charge in [-0.2, -0.15) is 0 Å². The number of hydrogen-bond acceptors (Lipinski definition) is 3. The Morgan fingerprint density at radius 1 is 0.268 bits per heavy atom. The second kappa shape index (κ2) is 19.4. The van der Waals surface area contributed by atoms with E-state index < -0.39 is 450 Å². The third kappa shape index (κ3) is 7.53. The Hall–Kier alpha value is -10.4. The summed E-state index contributed by atoms with van der Waals surface area (Å²) in [7, 11) is 0. The summed E-state index contributed by atoms with van der Waals surface area (Å²) >= 11 is -8.43. The molecule has 0 spiro atoms. The van der Waals surface area contributed by atoms with Crippen molar-refractivity contribution in [1.29, 1.82) is 0 Å². The molecule has 4 aromatic heterocycles. The molecular formula is C75H50GeN6. The monoisotopic (exact) mass is 1160 g/mol. The molecule has 0 radical (unpaired) electrons. The number of aromatic nitrogens is 6. The number of fused-ring (bicyclic) bond motifs is 9. The van der Waals surface area contributed by atoms with Gasteiger partial charge >= 0.3 is 525 Å². The molecule has 0 fully saturated rings. The van der Waals surface area contributed by atoms with Gasteiger partial charge in [-0.25, -0.2) is 0 Å². The van der Waals surface area contributed by atoms with E-state index in [0.717, 1.165) is 0 Å². The van der Waals surface area contributed by atoms with Crippen LogP contribution in [0.1, 0.15) is 68.5 Å². The van der Waals surface area contributed by atoms with Crippen molar-refractivity contribution in [2.45, 2.75) is 0 Å². The van der Waals surface area contributed by atoms with E-state index in [1.165, 1.54) is 0 Å². The molecule has 0 atom stereocenters. The summed E-state index contributed by atoms with van der Waals surface area (Å²) in [6.45, 7) is 0. The first kappa shape index (κ1) is 19.1. The summed E-state index contributed by atoms with van der Waals surface area (Å²) in [5.41, 5.74) is -13.0. The summed E-state index contributed by atoms with van der Waals surface area (Å²) in [6, 6.07) is -64.9. The van der Waals surface area contributed by atoms with Gasteiger partial charge in [0.1, 0.15) is 0 Å². The number of para-hydroxylation sites is 6. The molecule has 384 valence electrons. The molecule has 7 heteroatoms. The average Bonchev–Trinajstić information content (AvgIpc) is 0.785. The molecule has 0 bridgehead atoms. The maximum atomic E-state index is 11.2. The van der Waals surface area contributed by atoms with Gasteiger partial charge in [-0.1, -0.05) is 12.1 Å². The third-order valence-corrected chi connectivity index (χ3v) is 21.5. The van der Waals surface area contributed by atoms with E-state index >= 15 is 0 Å². The van der Waals surface area contributed by atoms with Crippen LogP contribution in [0.15, 0.2) is 302 Å². The number of hydrogen-bond donors (Lipinski definition) is 0. The Labute approximate surface area is 546 Å². The molecule has 0 saturated heterocycles. The quantitative estimate of drug-likeness (QED) is 0.128. The molecule has 12 aromatic carbocycles. The van der Waals surface area contributed by atoms with E-state index in [4.69, 9.17) is 23.3 Å². The summed E-state index contributed by atoms with van der Waals surface area (Å²) in [5.74, 6) is -4.25. The van der Waals surface area contributed by atoms with Crippen LogP contribution in [-0.4, -0.2) is 41.9 Å². The molecular weight excluding hydrogens is 1060 g/mol. The van der Waals surface area contributed by atoms with E-state index in [1.54, 1.807) is 0 Å². The molecule has 0 aliphatic rings. The number of rotatable bonds is 10. The van der Waals surface area contributed by atoms with E-state index in [1.807, 2.05) is 0 Å². The van der Waals surface area contributed by atoms with Crippen LogP contribution in [0, 0.1) is 0 Å². The zero-order valence-corrected chi connectivity index (χ0v) is 42.8. The molecule has 0 aliphatic carbocycles. The van der Waals surface area contributed by atoms with Crippen molar-refractivity contribution in [1.82, 2.24) is 28.7 Å². The van der Waals surface area contributed by atoms with Gasteiger partial charge < -0.3 is 0 Å². The Kier molecular flexibility index (Phi) is 4.53. The van der Waals surface area contributed by atoms with Gasteiger partial charge in [-0.15, -0.1) is 0 Å². The van der Waals surface area contributed by atoms with Crippen LogP contribution in [0.4, 0.5) is 0 Å². The van der Waals surface area contributed by atoms with Crippen molar-refractivity contribution in [2.24, 2.45) is 0 Å². The maximum absolute atomic E-state index is 11.2. The summed E-state index contributed by atoms with van der Waals surface area (Å²) in [5, 5.41) is -4.90. The first-order chi connectivity index (χ1) is 61.5. The van der Waals surface area contributed by atoms with Gasteiger partial charge in [0.05, 0.1) is 9.60 Å².